The molecule has 3 N–H and O–H groups in total. The summed E-state index contributed by atoms with van der Waals surface area (Å²) in [6.07, 6.45) is -2.04. The summed E-state index contributed by atoms with van der Waals surface area (Å²) >= 11 is 0. The molecule has 0 saturated heterocycles. The number of nitrogens with two attached hydrogens (primary N) is 1. The average Bonchev–Trinajstić information content (AvgIpc) is 2.26. The van der Waals surface area contributed by atoms with Gasteiger partial charge in [-0.25, -0.2) is 0 Å². The maximum absolute atomic E-state index is 12.0. The van der Waals surface area contributed by atoms with Crippen LogP contribution in [0.4, 0.5) is 13.2 Å². The van der Waals surface area contributed by atoms with Gasteiger partial charge in [0.15, 0.2) is 0 Å². The highest BCUT2D eigenvalue weighted by Crippen LogP contribution is 2.32. The number of rotatable bonds is 5. The van der Waals surface area contributed by atoms with Crippen molar-refractivity contribution >= 4 is 0 Å². The zero-order valence-corrected chi connectivity index (χ0v) is 9.57. The van der Waals surface area contributed by atoms with Gasteiger partial charge in [0.2, 0.25) is 0 Å². The number of hydrogen-bond acceptors (Lipinski definition) is 3. The fourth-order valence-corrected chi connectivity index (χ4v) is 1.48. The number of alkyl halides is 3. The van der Waals surface area contributed by atoms with Crippen molar-refractivity contribution in [3.05, 3.63) is 36.4 Å². The van der Waals surface area contributed by atoms with Gasteiger partial charge in [0, 0.05) is 11.6 Å². The van der Waals surface area contributed by atoms with Crippen molar-refractivity contribution in [3.8, 4) is 11.5 Å². The molecule has 0 aliphatic carbocycles. The molecular formula is C12H14F3NO2. The molecule has 0 radical (unpaired) electrons. The van der Waals surface area contributed by atoms with E-state index in [4.69, 9.17) is 5.73 Å². The summed E-state index contributed by atoms with van der Waals surface area (Å²) in [7, 11) is 0. The molecule has 0 bridgehead atoms. The molecule has 0 spiro atoms. The number of hydrogen-bond donors (Lipinski definition) is 2. The van der Waals surface area contributed by atoms with E-state index < -0.39 is 18.2 Å². The van der Waals surface area contributed by atoms with Gasteiger partial charge in [0.05, 0.1) is 0 Å². The van der Waals surface area contributed by atoms with Crippen LogP contribution in [0, 0.1) is 0 Å². The molecule has 0 aromatic heterocycles. The first-order chi connectivity index (χ1) is 8.33. The summed E-state index contributed by atoms with van der Waals surface area (Å²) in [5, 5.41) is 9.56. The van der Waals surface area contributed by atoms with Gasteiger partial charge in [-0.3, -0.25) is 0 Å². The lowest BCUT2D eigenvalue weighted by molar-refractivity contribution is -0.274. The highest BCUT2D eigenvalue weighted by Gasteiger charge is 2.31. The molecule has 1 atom stereocenters. The molecule has 0 amide bonds. The van der Waals surface area contributed by atoms with E-state index in [9.17, 15) is 18.3 Å². The molecule has 0 unspecified atom stereocenters. The van der Waals surface area contributed by atoms with E-state index in [1.807, 2.05) is 0 Å². The molecule has 1 aromatic rings. The molecule has 1 rings (SSSR count). The van der Waals surface area contributed by atoms with Crippen LogP contribution in [0.1, 0.15) is 24.4 Å². The van der Waals surface area contributed by atoms with Crippen LogP contribution in [-0.4, -0.2) is 11.5 Å². The molecule has 18 heavy (non-hydrogen) atoms. The summed E-state index contributed by atoms with van der Waals surface area (Å²) in [6.45, 7) is 3.52. The quantitative estimate of drug-likeness (QED) is 0.800. The third-order valence-corrected chi connectivity index (χ3v) is 2.31. The van der Waals surface area contributed by atoms with E-state index >= 15 is 0 Å². The number of phenols is 1. The highest BCUT2D eigenvalue weighted by molar-refractivity contribution is 5.41. The summed E-state index contributed by atoms with van der Waals surface area (Å²) in [5.41, 5.74) is 5.99. The lowest BCUT2D eigenvalue weighted by Gasteiger charge is -2.15. The predicted octanol–water partition coefficient (Wildman–Crippen LogP) is 3.26. The molecule has 3 nitrogen and oxygen atoms in total. The Labute approximate surface area is 103 Å². The van der Waals surface area contributed by atoms with Crippen LogP contribution in [-0.2, 0) is 0 Å². The first kappa shape index (κ1) is 14.4. The van der Waals surface area contributed by atoms with Gasteiger partial charge < -0.3 is 15.6 Å². The zero-order valence-electron chi connectivity index (χ0n) is 9.57. The Morgan fingerprint density at radius 1 is 1.44 bits per heavy atom. The topological polar surface area (TPSA) is 55.5 Å². The Balaban J connectivity index is 2.90. The van der Waals surface area contributed by atoms with Crippen molar-refractivity contribution in [2.24, 2.45) is 5.73 Å². The Morgan fingerprint density at radius 3 is 2.67 bits per heavy atom. The second kappa shape index (κ2) is 5.77. The number of benzene rings is 1. The standard InChI is InChI=1S/C12H14F3NO2/c1-2-3-4-10(16)9-7-8(5-6-11(9)17)18-12(13,14)15/h2,5-7,10,17H,1,3-4,16H2/t10-/m0/s1. The first-order valence-corrected chi connectivity index (χ1v) is 5.28. The number of phenolic OH excluding ortho intramolecular Hbond substituents is 1. The van der Waals surface area contributed by atoms with Crippen molar-refractivity contribution in [2.45, 2.75) is 25.2 Å². The number of aromatic hydroxyl groups is 1. The summed E-state index contributed by atoms with van der Waals surface area (Å²) < 4.78 is 39.9. The van der Waals surface area contributed by atoms with Gasteiger partial charge in [-0.2, -0.15) is 0 Å². The van der Waals surface area contributed by atoms with E-state index in [2.05, 4.69) is 11.3 Å². The smallest absolute Gasteiger partial charge is 0.508 e. The van der Waals surface area contributed by atoms with E-state index in [0.717, 1.165) is 18.2 Å². The molecule has 6 heteroatoms. The lowest BCUT2D eigenvalue weighted by atomic mass is 10.0. The second-order valence-corrected chi connectivity index (χ2v) is 3.74. The van der Waals surface area contributed by atoms with Crippen molar-refractivity contribution in [1.29, 1.82) is 0 Å². The Hall–Kier alpha value is -1.69. The molecular weight excluding hydrogens is 247 g/mol. The maximum Gasteiger partial charge on any atom is 0.573 e. The highest BCUT2D eigenvalue weighted by atomic mass is 19.4. The Kier molecular flexibility index (Phi) is 4.61. The van der Waals surface area contributed by atoms with E-state index in [-0.39, 0.29) is 11.3 Å². The van der Waals surface area contributed by atoms with Crippen molar-refractivity contribution < 1.29 is 23.0 Å². The monoisotopic (exact) mass is 261 g/mol. The summed E-state index contributed by atoms with van der Waals surface area (Å²) in [5.74, 6) is -0.551. The van der Waals surface area contributed by atoms with Gasteiger partial charge in [0.25, 0.3) is 0 Å². The van der Waals surface area contributed by atoms with Crippen molar-refractivity contribution in [2.75, 3.05) is 0 Å². The second-order valence-electron chi connectivity index (χ2n) is 3.74. The Morgan fingerprint density at radius 2 is 2.11 bits per heavy atom. The Bertz CT molecular complexity index is 418. The van der Waals surface area contributed by atoms with Gasteiger partial charge >= 0.3 is 6.36 Å². The van der Waals surface area contributed by atoms with Crippen LogP contribution < -0.4 is 10.5 Å². The summed E-state index contributed by atoms with van der Waals surface area (Å²) in [4.78, 5) is 0. The molecule has 0 heterocycles. The van der Waals surface area contributed by atoms with Gasteiger partial charge in [0.1, 0.15) is 11.5 Å². The third kappa shape index (κ3) is 4.29. The fourth-order valence-electron chi connectivity index (χ4n) is 1.48. The molecule has 100 valence electrons. The minimum atomic E-state index is -4.76. The lowest BCUT2D eigenvalue weighted by Crippen LogP contribution is -2.17. The van der Waals surface area contributed by atoms with Gasteiger partial charge in [-0.15, -0.1) is 19.8 Å². The van der Waals surface area contributed by atoms with Crippen LogP contribution in [0.3, 0.4) is 0 Å². The van der Waals surface area contributed by atoms with E-state index in [0.29, 0.717) is 12.8 Å². The number of ether oxygens (including phenoxy) is 1. The molecule has 0 fully saturated rings. The van der Waals surface area contributed by atoms with Gasteiger partial charge in [-0.05, 0) is 31.0 Å². The molecule has 0 saturated carbocycles. The van der Waals surface area contributed by atoms with Gasteiger partial charge in [-0.1, -0.05) is 6.08 Å². The van der Waals surface area contributed by atoms with Crippen LogP contribution in [0.5, 0.6) is 11.5 Å². The normalized spacial score (nSPS) is 13.1. The number of allylic oxidation sites excluding steroid dienone is 1. The fraction of sp³-hybridized carbons (Fsp3) is 0.333. The predicted molar refractivity (Wildman–Crippen MR) is 61.1 cm³/mol. The zero-order chi connectivity index (χ0) is 13.8. The molecule has 0 aliphatic rings. The van der Waals surface area contributed by atoms with Crippen LogP contribution in [0.2, 0.25) is 0 Å². The first-order valence-electron chi connectivity index (χ1n) is 5.28. The summed E-state index contributed by atoms with van der Waals surface area (Å²) in [6, 6.07) is 2.69. The third-order valence-electron chi connectivity index (χ3n) is 2.31. The average molecular weight is 261 g/mol. The minimum Gasteiger partial charge on any atom is -0.508 e. The van der Waals surface area contributed by atoms with Crippen LogP contribution >= 0.6 is 0 Å². The molecule has 1 aromatic carbocycles. The maximum atomic E-state index is 12.0. The van der Waals surface area contributed by atoms with E-state index in [1.165, 1.54) is 0 Å². The van der Waals surface area contributed by atoms with Crippen molar-refractivity contribution in [1.82, 2.24) is 0 Å². The number of halogens is 3. The minimum absolute atomic E-state index is 0.152. The van der Waals surface area contributed by atoms with Crippen LogP contribution in [0.25, 0.3) is 0 Å². The van der Waals surface area contributed by atoms with Crippen molar-refractivity contribution in [3.63, 3.8) is 0 Å². The SMILES string of the molecule is C=CCC[C@H](N)c1cc(OC(F)(F)F)ccc1O. The van der Waals surface area contributed by atoms with E-state index in [1.54, 1.807) is 6.08 Å². The largest absolute Gasteiger partial charge is 0.573 e. The van der Waals surface area contributed by atoms with Crippen LogP contribution in [0.15, 0.2) is 30.9 Å². The molecule has 0 aliphatic heterocycles.